The molecule has 0 saturated heterocycles. The van der Waals surface area contributed by atoms with Crippen LogP contribution in [0.1, 0.15) is 5.56 Å². The Labute approximate surface area is 125 Å². The van der Waals surface area contributed by atoms with E-state index in [1.165, 1.54) is 5.56 Å². The Hall–Kier alpha value is -1.33. The molecule has 4 nitrogen and oxygen atoms in total. The number of hydrogen-bond donors (Lipinski definition) is 1. The maximum Gasteiger partial charge on any atom is 0.224 e. The van der Waals surface area contributed by atoms with Crippen LogP contribution in [-0.4, -0.2) is 23.1 Å². The molecule has 0 spiro atoms. The molecule has 1 N–H and O–H groups in total. The number of nitrogens with one attached hydrogen (secondary N) is 1. The monoisotopic (exact) mass is 341 g/mol. The number of rotatable bonds is 5. The Morgan fingerprint density at radius 3 is 3.05 bits per heavy atom. The fraction of sp³-hybridized carbons (Fsp3) is 0.231. The molecular weight excluding hydrogens is 330 g/mol. The molecule has 1 aromatic carbocycles. The average molecular weight is 343 g/mol. The largest absolute Gasteiger partial charge is 0.492 e. The molecule has 19 heavy (non-hydrogen) atoms. The molecule has 1 aromatic heterocycles. The summed E-state index contributed by atoms with van der Waals surface area (Å²) < 4.78 is 6.40. The molecule has 0 bridgehead atoms. The van der Waals surface area contributed by atoms with Crippen molar-refractivity contribution in [3.05, 3.63) is 45.8 Å². The second-order valence-electron chi connectivity index (χ2n) is 3.93. The number of anilines is 1. The van der Waals surface area contributed by atoms with Gasteiger partial charge in [0.25, 0.3) is 0 Å². The summed E-state index contributed by atoms with van der Waals surface area (Å²) >= 11 is 9.08. The Morgan fingerprint density at radius 2 is 2.26 bits per heavy atom. The molecule has 0 aliphatic carbocycles. The van der Waals surface area contributed by atoms with Gasteiger partial charge in [0.05, 0.1) is 11.0 Å². The number of aromatic nitrogens is 2. The van der Waals surface area contributed by atoms with Crippen molar-refractivity contribution in [3.63, 3.8) is 0 Å². The molecule has 0 unspecified atom stereocenters. The molecular formula is C13H13BrClN3O. The van der Waals surface area contributed by atoms with Crippen LogP contribution < -0.4 is 10.1 Å². The predicted octanol–water partition coefficient (Wildman–Crippen LogP) is 3.69. The number of ether oxygens (including phenoxy) is 1. The van der Waals surface area contributed by atoms with Crippen molar-refractivity contribution in [2.75, 3.05) is 18.5 Å². The van der Waals surface area contributed by atoms with E-state index in [1.807, 2.05) is 31.2 Å². The predicted molar refractivity (Wildman–Crippen MR) is 79.9 cm³/mol. The van der Waals surface area contributed by atoms with Crippen LogP contribution in [0.15, 0.2) is 34.9 Å². The lowest BCUT2D eigenvalue weighted by atomic mass is 10.2. The zero-order valence-corrected chi connectivity index (χ0v) is 12.7. The molecule has 0 aliphatic rings. The summed E-state index contributed by atoms with van der Waals surface area (Å²) in [5.41, 5.74) is 1.18. The Morgan fingerprint density at radius 1 is 1.42 bits per heavy atom. The zero-order valence-electron chi connectivity index (χ0n) is 10.4. The van der Waals surface area contributed by atoms with E-state index in [4.69, 9.17) is 16.3 Å². The summed E-state index contributed by atoms with van der Waals surface area (Å²) in [6.45, 7) is 3.20. The van der Waals surface area contributed by atoms with Crippen molar-refractivity contribution in [2.45, 2.75) is 6.92 Å². The van der Waals surface area contributed by atoms with Gasteiger partial charge in [0.2, 0.25) is 5.28 Å². The lowest BCUT2D eigenvalue weighted by Gasteiger charge is -2.09. The molecule has 6 heteroatoms. The average Bonchev–Trinajstić information content (AvgIpc) is 2.39. The van der Waals surface area contributed by atoms with Gasteiger partial charge < -0.3 is 10.1 Å². The number of nitrogens with zero attached hydrogens (tertiary/aromatic N) is 2. The Balaban J connectivity index is 1.82. The fourth-order valence-corrected chi connectivity index (χ4v) is 1.98. The van der Waals surface area contributed by atoms with Crippen LogP contribution in [0.5, 0.6) is 5.75 Å². The quantitative estimate of drug-likeness (QED) is 0.665. The summed E-state index contributed by atoms with van der Waals surface area (Å²) in [5.74, 6) is 1.52. The maximum absolute atomic E-state index is 5.73. The van der Waals surface area contributed by atoms with E-state index in [1.54, 1.807) is 6.20 Å². The van der Waals surface area contributed by atoms with E-state index in [-0.39, 0.29) is 5.28 Å². The molecule has 1 heterocycles. The summed E-state index contributed by atoms with van der Waals surface area (Å²) in [6, 6.07) is 7.94. The molecule has 0 aliphatic heterocycles. The second-order valence-corrected chi connectivity index (χ2v) is 5.12. The van der Waals surface area contributed by atoms with Gasteiger partial charge in [-0.3, -0.25) is 0 Å². The highest BCUT2D eigenvalue weighted by atomic mass is 79.9. The molecule has 0 fully saturated rings. The zero-order chi connectivity index (χ0) is 13.7. The van der Waals surface area contributed by atoms with Crippen LogP contribution >= 0.6 is 27.5 Å². The first kappa shape index (κ1) is 14.1. The minimum Gasteiger partial charge on any atom is -0.492 e. The van der Waals surface area contributed by atoms with Gasteiger partial charge in [-0.2, -0.15) is 4.98 Å². The van der Waals surface area contributed by atoms with Crippen LogP contribution in [0.3, 0.4) is 0 Å². The minimum absolute atomic E-state index is 0.213. The first-order valence-electron chi connectivity index (χ1n) is 5.76. The highest BCUT2D eigenvalue weighted by Crippen LogP contribution is 2.19. The first-order valence-corrected chi connectivity index (χ1v) is 6.93. The van der Waals surface area contributed by atoms with Crippen molar-refractivity contribution in [1.82, 2.24) is 9.97 Å². The van der Waals surface area contributed by atoms with Gasteiger partial charge in [-0.05, 0) is 52.2 Å². The van der Waals surface area contributed by atoms with Crippen LogP contribution in [0, 0.1) is 6.92 Å². The minimum atomic E-state index is 0.213. The number of aryl methyl sites for hydroxylation is 1. The summed E-state index contributed by atoms with van der Waals surface area (Å²) in [7, 11) is 0. The topological polar surface area (TPSA) is 47.0 Å². The van der Waals surface area contributed by atoms with Gasteiger partial charge >= 0.3 is 0 Å². The first-order chi connectivity index (χ1) is 9.15. The highest BCUT2D eigenvalue weighted by molar-refractivity contribution is 9.10. The molecule has 0 amide bonds. The highest BCUT2D eigenvalue weighted by Gasteiger charge is 2.03. The molecule has 0 radical (unpaired) electrons. The third kappa shape index (κ3) is 4.36. The van der Waals surface area contributed by atoms with Gasteiger partial charge in [-0.1, -0.05) is 12.1 Å². The van der Waals surface area contributed by atoms with Gasteiger partial charge in [0.1, 0.15) is 18.2 Å². The summed E-state index contributed by atoms with van der Waals surface area (Å²) in [4.78, 5) is 7.93. The van der Waals surface area contributed by atoms with Crippen LogP contribution in [-0.2, 0) is 0 Å². The van der Waals surface area contributed by atoms with Crippen molar-refractivity contribution < 1.29 is 4.74 Å². The van der Waals surface area contributed by atoms with E-state index in [0.29, 0.717) is 19.0 Å². The number of benzene rings is 1. The fourth-order valence-electron chi connectivity index (χ4n) is 1.51. The van der Waals surface area contributed by atoms with Gasteiger partial charge in [0.15, 0.2) is 0 Å². The number of halogens is 2. The lowest BCUT2D eigenvalue weighted by molar-refractivity contribution is 0.332. The van der Waals surface area contributed by atoms with Crippen LogP contribution in [0.4, 0.5) is 5.82 Å². The van der Waals surface area contributed by atoms with E-state index in [0.717, 1.165) is 10.2 Å². The van der Waals surface area contributed by atoms with Crippen molar-refractivity contribution in [2.24, 2.45) is 0 Å². The third-order valence-electron chi connectivity index (χ3n) is 2.37. The molecule has 0 saturated carbocycles. The normalized spacial score (nSPS) is 10.3. The Bertz CT molecular complexity index is 565. The smallest absolute Gasteiger partial charge is 0.224 e. The number of hydrogen-bond acceptors (Lipinski definition) is 4. The van der Waals surface area contributed by atoms with Gasteiger partial charge in [0, 0.05) is 6.20 Å². The molecule has 100 valence electrons. The molecule has 2 aromatic rings. The van der Waals surface area contributed by atoms with Crippen molar-refractivity contribution in [1.29, 1.82) is 0 Å². The standard InChI is InChI=1S/C13H13BrClN3O/c1-9-3-2-4-10(7-9)19-6-5-16-12-11(14)8-17-13(15)18-12/h2-4,7-8H,5-6H2,1H3,(H,16,17,18). The third-order valence-corrected chi connectivity index (χ3v) is 3.13. The van der Waals surface area contributed by atoms with E-state index < -0.39 is 0 Å². The van der Waals surface area contributed by atoms with Crippen LogP contribution in [0.2, 0.25) is 5.28 Å². The van der Waals surface area contributed by atoms with E-state index in [2.05, 4.69) is 31.2 Å². The summed E-state index contributed by atoms with van der Waals surface area (Å²) in [5, 5.41) is 3.34. The SMILES string of the molecule is Cc1cccc(OCCNc2nc(Cl)ncc2Br)c1. The lowest BCUT2D eigenvalue weighted by Crippen LogP contribution is -2.13. The van der Waals surface area contributed by atoms with Gasteiger partial charge in [-0.15, -0.1) is 0 Å². The molecule has 0 atom stereocenters. The van der Waals surface area contributed by atoms with Crippen molar-refractivity contribution >= 4 is 33.3 Å². The van der Waals surface area contributed by atoms with Crippen molar-refractivity contribution in [3.8, 4) is 5.75 Å². The van der Waals surface area contributed by atoms with Gasteiger partial charge in [-0.25, -0.2) is 4.98 Å². The van der Waals surface area contributed by atoms with E-state index in [9.17, 15) is 0 Å². The second kappa shape index (κ2) is 6.73. The van der Waals surface area contributed by atoms with Crippen LogP contribution in [0.25, 0.3) is 0 Å². The Kier molecular flexibility index (Phi) is 4.99. The maximum atomic E-state index is 5.73. The van der Waals surface area contributed by atoms with E-state index >= 15 is 0 Å². The molecule has 2 rings (SSSR count). The summed E-state index contributed by atoms with van der Waals surface area (Å²) in [6.07, 6.45) is 1.61.